The maximum atomic E-state index is 11.8. The Bertz CT molecular complexity index is 320. The van der Waals surface area contributed by atoms with Gasteiger partial charge in [0.05, 0.1) is 5.92 Å². The number of amides is 2. The van der Waals surface area contributed by atoms with E-state index in [9.17, 15) is 9.59 Å². The van der Waals surface area contributed by atoms with Crippen LogP contribution in [0.5, 0.6) is 0 Å². The molecule has 1 saturated carbocycles. The van der Waals surface area contributed by atoms with E-state index >= 15 is 0 Å². The fourth-order valence-corrected chi connectivity index (χ4v) is 2.74. The van der Waals surface area contributed by atoms with Crippen molar-refractivity contribution in [1.29, 1.82) is 0 Å². The Labute approximate surface area is 121 Å². The fraction of sp³-hybridized carbons (Fsp3) is 0.867. The number of nitrogens with one attached hydrogen (secondary N) is 2. The van der Waals surface area contributed by atoms with Gasteiger partial charge in [-0.25, -0.2) is 4.79 Å². The molecule has 2 amide bonds. The lowest BCUT2D eigenvalue weighted by molar-refractivity contribution is -0.141. The summed E-state index contributed by atoms with van der Waals surface area (Å²) in [6.07, 6.45) is 7.78. The molecule has 1 rings (SSSR count). The smallest absolute Gasteiger partial charge is 0.315 e. The van der Waals surface area contributed by atoms with Crippen LogP contribution in [0.3, 0.4) is 0 Å². The van der Waals surface area contributed by atoms with Crippen LogP contribution in [0, 0.1) is 5.92 Å². The Morgan fingerprint density at radius 3 is 2.60 bits per heavy atom. The van der Waals surface area contributed by atoms with E-state index in [1.165, 1.54) is 19.3 Å². The minimum absolute atomic E-state index is 0.00314. The second-order valence-corrected chi connectivity index (χ2v) is 5.91. The molecule has 0 heterocycles. The summed E-state index contributed by atoms with van der Waals surface area (Å²) in [4.78, 5) is 22.7. The molecule has 0 radical (unpaired) electrons. The first kappa shape index (κ1) is 16.8. The molecule has 0 aliphatic heterocycles. The summed E-state index contributed by atoms with van der Waals surface area (Å²) in [6.45, 7) is 4.20. The van der Waals surface area contributed by atoms with Crippen LogP contribution in [-0.2, 0) is 4.79 Å². The van der Waals surface area contributed by atoms with Gasteiger partial charge in [-0.15, -0.1) is 0 Å². The number of rotatable bonds is 8. The zero-order valence-electron chi connectivity index (χ0n) is 12.7. The Morgan fingerprint density at radius 1 is 1.25 bits per heavy atom. The lowest BCUT2D eigenvalue weighted by Gasteiger charge is -2.17. The van der Waals surface area contributed by atoms with Gasteiger partial charge in [0.25, 0.3) is 0 Å². The Balaban J connectivity index is 2.15. The van der Waals surface area contributed by atoms with E-state index in [0.717, 1.165) is 19.3 Å². The lowest BCUT2D eigenvalue weighted by Crippen LogP contribution is -2.44. The summed E-state index contributed by atoms with van der Waals surface area (Å²) in [5.41, 5.74) is 0. The molecule has 1 fully saturated rings. The highest BCUT2D eigenvalue weighted by atomic mass is 16.4. The topological polar surface area (TPSA) is 78.4 Å². The van der Waals surface area contributed by atoms with Crippen molar-refractivity contribution in [2.45, 2.75) is 77.3 Å². The van der Waals surface area contributed by atoms with Gasteiger partial charge in [0.2, 0.25) is 0 Å². The van der Waals surface area contributed by atoms with Crippen molar-refractivity contribution in [1.82, 2.24) is 10.6 Å². The number of hydrogen-bond donors (Lipinski definition) is 3. The molecular formula is C15H28N2O3. The minimum atomic E-state index is -0.751. The highest BCUT2D eigenvalue weighted by molar-refractivity contribution is 5.75. The van der Waals surface area contributed by atoms with Gasteiger partial charge in [0.1, 0.15) is 0 Å². The fourth-order valence-electron chi connectivity index (χ4n) is 2.74. The number of carboxylic acids is 1. The first-order valence-electron chi connectivity index (χ1n) is 7.82. The molecule has 5 nitrogen and oxygen atoms in total. The maximum Gasteiger partial charge on any atom is 0.315 e. The van der Waals surface area contributed by atoms with Gasteiger partial charge < -0.3 is 15.7 Å². The molecule has 0 aromatic rings. The second-order valence-electron chi connectivity index (χ2n) is 5.91. The normalized spacial score (nSPS) is 23.3. The summed E-state index contributed by atoms with van der Waals surface area (Å²) < 4.78 is 0. The van der Waals surface area contributed by atoms with Crippen LogP contribution in [-0.4, -0.2) is 29.2 Å². The summed E-state index contributed by atoms with van der Waals surface area (Å²) in [5, 5.41) is 14.7. The molecule has 5 heteroatoms. The Morgan fingerprint density at radius 2 is 2.00 bits per heavy atom. The molecule has 3 atom stereocenters. The number of carboxylic acid groups (broad SMARTS) is 1. The third-order valence-corrected chi connectivity index (χ3v) is 3.99. The van der Waals surface area contributed by atoms with Gasteiger partial charge >= 0.3 is 12.0 Å². The van der Waals surface area contributed by atoms with Crippen molar-refractivity contribution in [2.75, 3.05) is 0 Å². The summed E-state index contributed by atoms with van der Waals surface area (Å²) >= 11 is 0. The predicted molar refractivity (Wildman–Crippen MR) is 78.7 cm³/mol. The van der Waals surface area contributed by atoms with E-state index in [-0.39, 0.29) is 24.0 Å². The molecule has 3 unspecified atom stereocenters. The van der Waals surface area contributed by atoms with E-state index < -0.39 is 5.97 Å². The zero-order valence-corrected chi connectivity index (χ0v) is 12.7. The molecular weight excluding hydrogens is 256 g/mol. The van der Waals surface area contributed by atoms with Crippen LogP contribution >= 0.6 is 0 Å². The summed E-state index contributed by atoms with van der Waals surface area (Å²) in [5.74, 6) is -1.05. The number of aliphatic carboxylic acids is 1. The minimum Gasteiger partial charge on any atom is -0.481 e. The van der Waals surface area contributed by atoms with Gasteiger partial charge in [0.15, 0.2) is 0 Å². The predicted octanol–water partition coefficient (Wildman–Crippen LogP) is 2.90. The molecule has 0 aromatic heterocycles. The molecule has 0 bridgehead atoms. The molecule has 0 saturated heterocycles. The van der Waals surface area contributed by atoms with E-state index in [1.54, 1.807) is 0 Å². The van der Waals surface area contributed by atoms with E-state index in [1.807, 2.05) is 6.92 Å². The van der Waals surface area contributed by atoms with E-state index in [0.29, 0.717) is 12.8 Å². The lowest BCUT2D eigenvalue weighted by atomic mass is 10.1. The van der Waals surface area contributed by atoms with Crippen molar-refractivity contribution in [3.63, 3.8) is 0 Å². The molecule has 3 N–H and O–H groups in total. The van der Waals surface area contributed by atoms with E-state index in [2.05, 4.69) is 17.6 Å². The largest absolute Gasteiger partial charge is 0.481 e. The molecule has 0 spiro atoms. The van der Waals surface area contributed by atoms with Crippen molar-refractivity contribution in [3.05, 3.63) is 0 Å². The first-order chi connectivity index (χ1) is 9.52. The molecule has 116 valence electrons. The van der Waals surface area contributed by atoms with Gasteiger partial charge in [-0.1, -0.05) is 32.6 Å². The van der Waals surface area contributed by atoms with Crippen molar-refractivity contribution in [3.8, 4) is 0 Å². The maximum absolute atomic E-state index is 11.8. The quantitative estimate of drug-likeness (QED) is 0.600. The Kier molecular flexibility index (Phi) is 7.41. The third kappa shape index (κ3) is 6.26. The van der Waals surface area contributed by atoms with Crippen molar-refractivity contribution in [2.24, 2.45) is 5.92 Å². The highest BCUT2D eigenvalue weighted by Gasteiger charge is 2.30. The summed E-state index contributed by atoms with van der Waals surface area (Å²) in [7, 11) is 0. The van der Waals surface area contributed by atoms with Crippen LogP contribution in [0.1, 0.15) is 65.2 Å². The molecule has 1 aliphatic carbocycles. The monoisotopic (exact) mass is 284 g/mol. The van der Waals surface area contributed by atoms with Gasteiger partial charge in [-0.3, -0.25) is 4.79 Å². The first-order valence-corrected chi connectivity index (χ1v) is 7.82. The standard InChI is InChI=1S/C15H28N2O3/c1-3-4-5-6-7-11(2)16-15(20)17-13-9-8-12(10-13)14(18)19/h11-13H,3-10H2,1-2H3,(H,18,19)(H2,16,17,20). The molecule has 20 heavy (non-hydrogen) atoms. The average molecular weight is 284 g/mol. The third-order valence-electron chi connectivity index (χ3n) is 3.99. The number of carbonyl (C=O) groups excluding carboxylic acids is 1. The number of hydrogen-bond acceptors (Lipinski definition) is 2. The van der Waals surface area contributed by atoms with Crippen molar-refractivity contribution >= 4 is 12.0 Å². The van der Waals surface area contributed by atoms with Crippen LogP contribution in [0.15, 0.2) is 0 Å². The molecule has 0 aromatic carbocycles. The van der Waals surface area contributed by atoms with Gasteiger partial charge in [0, 0.05) is 12.1 Å². The second kappa shape index (κ2) is 8.82. The average Bonchev–Trinajstić information content (AvgIpc) is 2.83. The van der Waals surface area contributed by atoms with Crippen LogP contribution in [0.2, 0.25) is 0 Å². The number of unbranched alkanes of at least 4 members (excludes halogenated alkanes) is 3. The number of urea groups is 1. The van der Waals surface area contributed by atoms with Gasteiger partial charge in [-0.05, 0) is 32.6 Å². The zero-order chi connectivity index (χ0) is 15.0. The van der Waals surface area contributed by atoms with Crippen LogP contribution < -0.4 is 10.6 Å². The molecule has 1 aliphatic rings. The highest BCUT2D eigenvalue weighted by Crippen LogP contribution is 2.25. The number of carbonyl (C=O) groups is 2. The van der Waals surface area contributed by atoms with Crippen molar-refractivity contribution < 1.29 is 14.7 Å². The summed E-state index contributed by atoms with van der Waals surface area (Å²) in [6, 6.07) is 0.0101. The van der Waals surface area contributed by atoms with Gasteiger partial charge in [-0.2, -0.15) is 0 Å². The van der Waals surface area contributed by atoms with E-state index in [4.69, 9.17) is 5.11 Å². The Hall–Kier alpha value is -1.26. The van der Waals surface area contributed by atoms with Crippen LogP contribution in [0.4, 0.5) is 4.79 Å². The van der Waals surface area contributed by atoms with Crippen LogP contribution in [0.25, 0.3) is 0 Å². The SMILES string of the molecule is CCCCCCC(C)NC(=O)NC1CCC(C(=O)O)C1.